The maximum atomic E-state index is 11.1. The van der Waals surface area contributed by atoms with E-state index in [4.69, 9.17) is 10.8 Å². The number of hydrogen-bond acceptors (Lipinski definition) is 2. The monoisotopic (exact) mass is 223 g/mol. The van der Waals surface area contributed by atoms with Gasteiger partial charge in [-0.15, -0.1) is 0 Å². The molecule has 0 aromatic rings. The van der Waals surface area contributed by atoms with E-state index in [2.05, 4.69) is 6.92 Å². The van der Waals surface area contributed by atoms with E-state index < -0.39 is 5.97 Å². The molecular formula is C13H21NO2. The highest BCUT2D eigenvalue weighted by molar-refractivity contribution is 5.68. The van der Waals surface area contributed by atoms with Crippen LogP contribution in [0.4, 0.5) is 0 Å². The normalized spacial score (nSPS) is 53.5. The van der Waals surface area contributed by atoms with Crippen molar-refractivity contribution in [3.05, 3.63) is 0 Å². The van der Waals surface area contributed by atoms with Gasteiger partial charge in [-0.25, -0.2) is 0 Å². The van der Waals surface area contributed by atoms with Crippen molar-refractivity contribution >= 4 is 5.97 Å². The van der Waals surface area contributed by atoms with Crippen LogP contribution in [0.5, 0.6) is 0 Å². The zero-order valence-electron chi connectivity index (χ0n) is 9.86. The number of fused-ring (bicyclic) bond motifs is 1. The van der Waals surface area contributed by atoms with Gasteiger partial charge in [-0.1, -0.05) is 6.92 Å². The molecule has 6 atom stereocenters. The molecule has 0 heterocycles. The van der Waals surface area contributed by atoms with Gasteiger partial charge in [0.2, 0.25) is 0 Å². The number of hydrogen-bond donors (Lipinski definition) is 2. The van der Waals surface area contributed by atoms with Crippen molar-refractivity contribution in [2.75, 3.05) is 6.54 Å². The van der Waals surface area contributed by atoms with Crippen LogP contribution in [0.25, 0.3) is 0 Å². The number of carboxylic acid groups (broad SMARTS) is 1. The fourth-order valence-electron chi connectivity index (χ4n) is 5.36. The van der Waals surface area contributed by atoms with Crippen LogP contribution in [0.3, 0.4) is 0 Å². The Morgan fingerprint density at radius 2 is 2.19 bits per heavy atom. The smallest absolute Gasteiger partial charge is 0.303 e. The lowest BCUT2D eigenvalue weighted by atomic mass is 9.44. The molecule has 16 heavy (non-hydrogen) atoms. The summed E-state index contributed by atoms with van der Waals surface area (Å²) in [6, 6.07) is 0. The van der Waals surface area contributed by atoms with Crippen molar-refractivity contribution in [3.63, 3.8) is 0 Å². The van der Waals surface area contributed by atoms with Gasteiger partial charge in [0.1, 0.15) is 0 Å². The lowest BCUT2D eigenvalue weighted by molar-refractivity contribution is -0.161. The van der Waals surface area contributed by atoms with Crippen molar-refractivity contribution in [1.29, 1.82) is 0 Å². The van der Waals surface area contributed by atoms with Crippen molar-refractivity contribution < 1.29 is 9.90 Å². The number of nitrogens with two attached hydrogens (primary N) is 1. The first-order valence-corrected chi connectivity index (χ1v) is 6.52. The quantitative estimate of drug-likeness (QED) is 0.765. The summed E-state index contributed by atoms with van der Waals surface area (Å²) in [7, 11) is 0. The molecule has 3 saturated carbocycles. The van der Waals surface area contributed by atoms with E-state index >= 15 is 0 Å². The number of carbonyl (C=O) groups is 1. The molecule has 3 aliphatic rings. The van der Waals surface area contributed by atoms with Gasteiger partial charge in [0, 0.05) is 0 Å². The van der Waals surface area contributed by atoms with E-state index in [-0.39, 0.29) is 5.41 Å². The molecule has 0 spiro atoms. The first-order valence-electron chi connectivity index (χ1n) is 6.52. The third-order valence-electron chi connectivity index (χ3n) is 6.02. The minimum Gasteiger partial charge on any atom is -0.481 e. The van der Waals surface area contributed by atoms with Gasteiger partial charge in [0.25, 0.3) is 0 Å². The SMILES string of the molecule is C[C@H]1[C@@H]2CC[C@H]3[C@H]1[C@H](C2)[C@]3(CN)CC(=O)O. The minimum absolute atomic E-state index is 0.0456. The van der Waals surface area contributed by atoms with Crippen molar-refractivity contribution in [2.45, 2.75) is 32.6 Å². The average Bonchev–Trinajstić information content (AvgIpc) is 2.44. The Kier molecular flexibility index (Phi) is 2.13. The molecule has 0 aromatic heterocycles. The molecule has 3 rings (SSSR count). The maximum Gasteiger partial charge on any atom is 0.303 e. The van der Waals surface area contributed by atoms with Gasteiger partial charge in [-0.3, -0.25) is 4.79 Å². The molecule has 0 saturated heterocycles. The molecule has 3 fully saturated rings. The predicted octanol–water partition coefficient (Wildman–Crippen LogP) is 1.72. The lowest BCUT2D eigenvalue weighted by Gasteiger charge is -2.61. The van der Waals surface area contributed by atoms with Crippen LogP contribution in [-0.2, 0) is 4.79 Å². The van der Waals surface area contributed by atoms with Crippen LogP contribution in [0.1, 0.15) is 32.6 Å². The largest absolute Gasteiger partial charge is 0.481 e. The van der Waals surface area contributed by atoms with Gasteiger partial charge in [-0.2, -0.15) is 0 Å². The Balaban J connectivity index is 1.90. The molecule has 3 aliphatic carbocycles. The number of aliphatic carboxylic acids is 1. The highest BCUT2D eigenvalue weighted by atomic mass is 16.4. The van der Waals surface area contributed by atoms with E-state index in [1.54, 1.807) is 0 Å². The standard InChI is InChI=1S/C13H21NO2/c1-7-8-2-3-9-12(7)10(4-8)13(9,6-14)5-11(15)16/h7-10,12H,2-6,14H2,1H3,(H,15,16)/t7-,8+,9-,10-,12-,13-/m0/s1. The minimum atomic E-state index is -0.660. The average molecular weight is 223 g/mol. The van der Waals surface area contributed by atoms with E-state index in [1.165, 1.54) is 19.3 Å². The molecular weight excluding hydrogens is 202 g/mol. The first kappa shape index (κ1) is 10.6. The molecule has 3 heteroatoms. The molecule has 2 bridgehead atoms. The summed E-state index contributed by atoms with van der Waals surface area (Å²) >= 11 is 0. The molecule has 0 aliphatic heterocycles. The topological polar surface area (TPSA) is 63.3 Å². The molecule has 3 N–H and O–H groups in total. The summed E-state index contributed by atoms with van der Waals surface area (Å²) in [4.78, 5) is 11.1. The fourth-order valence-corrected chi connectivity index (χ4v) is 5.36. The van der Waals surface area contributed by atoms with Crippen molar-refractivity contribution in [1.82, 2.24) is 0 Å². The highest BCUT2D eigenvalue weighted by Crippen LogP contribution is 2.72. The third-order valence-corrected chi connectivity index (χ3v) is 6.02. The maximum absolute atomic E-state index is 11.1. The van der Waals surface area contributed by atoms with Gasteiger partial charge in [0.05, 0.1) is 6.42 Å². The second-order valence-electron chi connectivity index (χ2n) is 6.23. The molecule has 0 aromatic carbocycles. The van der Waals surface area contributed by atoms with Crippen LogP contribution in [0.2, 0.25) is 0 Å². The summed E-state index contributed by atoms with van der Waals surface area (Å²) < 4.78 is 0. The lowest BCUT2D eigenvalue weighted by Crippen LogP contribution is -2.60. The Morgan fingerprint density at radius 3 is 2.81 bits per heavy atom. The Morgan fingerprint density at radius 1 is 1.44 bits per heavy atom. The van der Waals surface area contributed by atoms with E-state index in [0.717, 1.165) is 17.8 Å². The Labute approximate surface area is 96.4 Å². The van der Waals surface area contributed by atoms with Crippen molar-refractivity contribution in [3.8, 4) is 0 Å². The van der Waals surface area contributed by atoms with Crippen molar-refractivity contribution in [2.24, 2.45) is 40.7 Å². The van der Waals surface area contributed by atoms with Crippen LogP contribution in [0, 0.1) is 35.0 Å². The van der Waals surface area contributed by atoms with Crippen LogP contribution in [0.15, 0.2) is 0 Å². The molecule has 0 amide bonds. The zero-order chi connectivity index (χ0) is 11.5. The van der Waals surface area contributed by atoms with Gasteiger partial charge in [-0.05, 0) is 60.8 Å². The second kappa shape index (κ2) is 3.22. The van der Waals surface area contributed by atoms with Gasteiger partial charge < -0.3 is 10.8 Å². The summed E-state index contributed by atoms with van der Waals surface area (Å²) in [5.41, 5.74) is 5.89. The predicted molar refractivity (Wildman–Crippen MR) is 60.7 cm³/mol. The summed E-state index contributed by atoms with van der Waals surface area (Å²) in [6.45, 7) is 2.94. The molecule has 3 nitrogen and oxygen atoms in total. The van der Waals surface area contributed by atoms with E-state index in [9.17, 15) is 4.79 Å². The number of rotatable bonds is 3. The fraction of sp³-hybridized carbons (Fsp3) is 0.923. The van der Waals surface area contributed by atoms with Crippen LogP contribution < -0.4 is 5.73 Å². The van der Waals surface area contributed by atoms with E-state index in [1.807, 2.05) is 0 Å². The van der Waals surface area contributed by atoms with Gasteiger partial charge >= 0.3 is 5.97 Å². The zero-order valence-corrected chi connectivity index (χ0v) is 9.86. The molecule has 90 valence electrons. The van der Waals surface area contributed by atoms with Gasteiger partial charge in [0.15, 0.2) is 0 Å². The molecule has 0 radical (unpaired) electrons. The van der Waals surface area contributed by atoms with E-state index in [0.29, 0.717) is 24.8 Å². The molecule has 0 unspecified atom stereocenters. The number of carboxylic acids is 1. The highest BCUT2D eigenvalue weighted by Gasteiger charge is 2.68. The second-order valence-corrected chi connectivity index (χ2v) is 6.23. The summed E-state index contributed by atoms with van der Waals surface area (Å²) in [5, 5.41) is 9.10. The Bertz CT molecular complexity index is 322. The summed E-state index contributed by atoms with van der Waals surface area (Å²) in [6.07, 6.45) is 4.07. The van der Waals surface area contributed by atoms with Crippen LogP contribution >= 0.6 is 0 Å². The first-order chi connectivity index (χ1) is 7.60. The summed E-state index contributed by atoms with van der Waals surface area (Å²) in [5.74, 6) is 3.02. The third kappa shape index (κ3) is 1.05. The van der Waals surface area contributed by atoms with Crippen LogP contribution in [-0.4, -0.2) is 17.6 Å². The Hall–Kier alpha value is -0.570.